The van der Waals surface area contributed by atoms with Crippen LogP contribution in [0.3, 0.4) is 0 Å². The maximum Gasteiger partial charge on any atom is 0.224 e. The molecular formula is C26H34Cl2N2O4S. The molecule has 2 unspecified atom stereocenters. The quantitative estimate of drug-likeness (QED) is 0.455. The molecule has 0 bridgehead atoms. The summed E-state index contributed by atoms with van der Waals surface area (Å²) in [5.74, 6) is 0.344. The molecule has 0 saturated carbocycles. The molecule has 1 N–H and O–H groups in total. The zero-order valence-corrected chi connectivity index (χ0v) is 23.2. The van der Waals surface area contributed by atoms with E-state index in [-0.39, 0.29) is 30.2 Å². The van der Waals surface area contributed by atoms with Gasteiger partial charge in [-0.2, -0.15) is 0 Å². The van der Waals surface area contributed by atoms with Crippen molar-refractivity contribution >= 4 is 39.1 Å². The van der Waals surface area contributed by atoms with Gasteiger partial charge < -0.3 is 10.1 Å². The molecule has 2 aromatic rings. The summed E-state index contributed by atoms with van der Waals surface area (Å²) in [7, 11) is -1.97. The van der Waals surface area contributed by atoms with E-state index in [0.717, 1.165) is 22.4 Å². The Kier molecular flexibility index (Phi) is 9.13. The summed E-state index contributed by atoms with van der Waals surface area (Å²) in [5.41, 5.74) is 3.64. The Balaban J connectivity index is 1.71. The van der Waals surface area contributed by atoms with Crippen LogP contribution in [0.4, 0.5) is 0 Å². The second-order valence-corrected chi connectivity index (χ2v) is 12.3. The number of hydrogen-bond donors (Lipinski definition) is 1. The van der Waals surface area contributed by atoms with E-state index < -0.39 is 15.9 Å². The zero-order chi connectivity index (χ0) is 25.9. The number of hydrogen-bond acceptors (Lipinski definition) is 4. The van der Waals surface area contributed by atoms with Gasteiger partial charge in [-0.3, -0.25) is 4.79 Å². The summed E-state index contributed by atoms with van der Waals surface area (Å²) in [6.07, 6.45) is 1.27. The highest BCUT2D eigenvalue weighted by Gasteiger charge is 2.33. The highest BCUT2D eigenvalue weighted by atomic mass is 35.5. The molecule has 0 spiro atoms. The summed E-state index contributed by atoms with van der Waals surface area (Å²) in [4.78, 5) is 13.2. The second kappa shape index (κ2) is 11.5. The Hall–Kier alpha value is -1.80. The van der Waals surface area contributed by atoms with Crippen molar-refractivity contribution in [3.05, 3.63) is 62.6 Å². The lowest BCUT2D eigenvalue weighted by molar-refractivity contribution is -0.126. The fourth-order valence-corrected chi connectivity index (χ4v) is 6.75. The van der Waals surface area contributed by atoms with Gasteiger partial charge in [-0.1, -0.05) is 43.1 Å². The van der Waals surface area contributed by atoms with Crippen molar-refractivity contribution in [1.29, 1.82) is 0 Å². The van der Waals surface area contributed by atoms with Gasteiger partial charge in [-0.15, -0.1) is 0 Å². The van der Waals surface area contributed by atoms with E-state index in [9.17, 15) is 13.2 Å². The van der Waals surface area contributed by atoms with Gasteiger partial charge in [0.05, 0.1) is 24.8 Å². The van der Waals surface area contributed by atoms with Gasteiger partial charge in [0.25, 0.3) is 0 Å². The molecule has 0 aromatic heterocycles. The average molecular weight is 542 g/mol. The van der Waals surface area contributed by atoms with Gasteiger partial charge in [0.1, 0.15) is 5.75 Å². The standard InChI is InChI=1S/C26H34Cl2N2O4S/c1-16(2)22-13-23(17(3)11-25(22)34-5)18(4)29-26(31)19-7-6-10-30(14-19)35(32,33)15-20-8-9-21(27)12-24(20)28/h8-9,11-13,16,18-19H,6-7,10,14-15H2,1-5H3,(H,29,31). The summed E-state index contributed by atoms with van der Waals surface area (Å²) in [5, 5.41) is 3.88. The van der Waals surface area contributed by atoms with E-state index in [2.05, 4.69) is 25.2 Å². The molecule has 35 heavy (non-hydrogen) atoms. The van der Waals surface area contributed by atoms with Gasteiger partial charge in [0, 0.05) is 23.1 Å². The summed E-state index contributed by atoms with van der Waals surface area (Å²) < 4.78 is 33.1. The van der Waals surface area contributed by atoms with Crippen LogP contribution in [0.5, 0.6) is 5.75 Å². The lowest BCUT2D eigenvalue weighted by atomic mass is 9.92. The molecule has 1 saturated heterocycles. The Morgan fingerprint density at radius 1 is 1.17 bits per heavy atom. The molecule has 2 aromatic carbocycles. The molecule has 1 aliphatic rings. The van der Waals surface area contributed by atoms with Crippen LogP contribution in [-0.2, 0) is 20.6 Å². The summed E-state index contributed by atoms with van der Waals surface area (Å²) in [6, 6.07) is 8.67. The first-order chi connectivity index (χ1) is 16.4. The third-order valence-electron chi connectivity index (χ3n) is 6.57. The zero-order valence-electron chi connectivity index (χ0n) is 20.9. The normalized spacial score (nSPS) is 17.9. The monoisotopic (exact) mass is 540 g/mol. The van der Waals surface area contributed by atoms with Crippen LogP contribution in [-0.4, -0.2) is 38.8 Å². The average Bonchev–Trinajstić information content (AvgIpc) is 2.80. The van der Waals surface area contributed by atoms with E-state index in [1.807, 2.05) is 19.9 Å². The Morgan fingerprint density at radius 3 is 2.51 bits per heavy atom. The third-order valence-corrected chi connectivity index (χ3v) is 8.95. The van der Waals surface area contributed by atoms with Gasteiger partial charge in [0.15, 0.2) is 0 Å². The number of methoxy groups -OCH3 is 1. The molecule has 1 fully saturated rings. The van der Waals surface area contributed by atoms with Crippen LogP contribution < -0.4 is 10.1 Å². The number of carbonyl (C=O) groups excluding carboxylic acids is 1. The van der Waals surface area contributed by atoms with Gasteiger partial charge in [0.2, 0.25) is 15.9 Å². The van der Waals surface area contributed by atoms with Gasteiger partial charge >= 0.3 is 0 Å². The van der Waals surface area contributed by atoms with Crippen molar-refractivity contribution in [3.63, 3.8) is 0 Å². The number of piperidine rings is 1. The molecule has 192 valence electrons. The maximum atomic E-state index is 13.2. The largest absolute Gasteiger partial charge is 0.496 e. The van der Waals surface area contributed by atoms with E-state index in [0.29, 0.717) is 35.0 Å². The number of aryl methyl sites for hydroxylation is 1. The van der Waals surface area contributed by atoms with Crippen molar-refractivity contribution in [3.8, 4) is 5.75 Å². The molecular weight excluding hydrogens is 507 g/mol. The van der Waals surface area contributed by atoms with Crippen LogP contribution in [0.25, 0.3) is 0 Å². The van der Waals surface area contributed by atoms with Crippen molar-refractivity contribution < 1.29 is 17.9 Å². The van der Waals surface area contributed by atoms with Crippen LogP contribution in [0.2, 0.25) is 10.0 Å². The van der Waals surface area contributed by atoms with E-state index in [1.54, 1.807) is 19.2 Å². The van der Waals surface area contributed by atoms with E-state index in [4.69, 9.17) is 27.9 Å². The fraction of sp³-hybridized carbons (Fsp3) is 0.500. The predicted molar refractivity (Wildman–Crippen MR) is 142 cm³/mol. The smallest absolute Gasteiger partial charge is 0.224 e. The van der Waals surface area contributed by atoms with Crippen molar-refractivity contribution in [2.45, 2.75) is 58.2 Å². The van der Waals surface area contributed by atoms with Gasteiger partial charge in [-0.25, -0.2) is 12.7 Å². The van der Waals surface area contributed by atoms with E-state index >= 15 is 0 Å². The number of carbonyl (C=O) groups is 1. The van der Waals surface area contributed by atoms with Crippen molar-refractivity contribution in [1.82, 2.24) is 9.62 Å². The molecule has 3 rings (SSSR count). The Labute approximate surface area is 219 Å². The molecule has 1 aliphatic heterocycles. The minimum absolute atomic E-state index is 0.136. The van der Waals surface area contributed by atoms with Crippen LogP contribution in [0.1, 0.15) is 67.8 Å². The third kappa shape index (κ3) is 6.70. The number of rotatable bonds is 8. The number of ether oxygens (including phenoxy) is 1. The first kappa shape index (κ1) is 27.8. The highest BCUT2D eigenvalue weighted by Crippen LogP contribution is 2.32. The van der Waals surface area contributed by atoms with E-state index in [1.165, 1.54) is 10.4 Å². The lowest BCUT2D eigenvalue weighted by Crippen LogP contribution is -2.46. The molecule has 0 aliphatic carbocycles. The first-order valence-electron chi connectivity index (χ1n) is 11.8. The minimum atomic E-state index is -3.64. The number of nitrogens with one attached hydrogen (secondary N) is 1. The number of nitrogens with zero attached hydrogens (tertiary/aromatic N) is 1. The number of amides is 1. The molecule has 1 heterocycles. The topological polar surface area (TPSA) is 75.7 Å². The first-order valence-corrected chi connectivity index (χ1v) is 14.2. The van der Waals surface area contributed by atoms with Crippen LogP contribution >= 0.6 is 23.2 Å². The maximum absolute atomic E-state index is 13.2. The molecule has 2 atom stereocenters. The molecule has 6 nitrogen and oxygen atoms in total. The number of benzene rings is 2. The lowest BCUT2D eigenvalue weighted by Gasteiger charge is -2.32. The second-order valence-electron chi connectivity index (χ2n) is 9.52. The van der Waals surface area contributed by atoms with Crippen molar-refractivity contribution in [2.24, 2.45) is 5.92 Å². The molecule has 1 amide bonds. The summed E-state index contributed by atoms with van der Waals surface area (Å²) in [6.45, 7) is 8.72. The van der Waals surface area contributed by atoms with Gasteiger partial charge in [-0.05, 0) is 79.1 Å². The number of sulfonamides is 1. The molecule has 9 heteroatoms. The number of halogens is 2. The Bertz CT molecular complexity index is 1180. The SMILES string of the molecule is COc1cc(C)c(C(C)NC(=O)C2CCCN(S(=O)(=O)Cc3ccc(Cl)cc3Cl)C2)cc1C(C)C. The highest BCUT2D eigenvalue weighted by molar-refractivity contribution is 7.88. The minimum Gasteiger partial charge on any atom is -0.496 e. The molecule has 0 radical (unpaired) electrons. The van der Waals surface area contributed by atoms with Crippen LogP contribution in [0.15, 0.2) is 30.3 Å². The summed E-state index contributed by atoms with van der Waals surface area (Å²) >= 11 is 12.1. The predicted octanol–water partition coefficient (Wildman–Crippen LogP) is 5.85. The van der Waals surface area contributed by atoms with Crippen molar-refractivity contribution in [2.75, 3.05) is 20.2 Å². The Morgan fingerprint density at radius 2 is 1.89 bits per heavy atom. The van der Waals surface area contributed by atoms with Crippen LogP contribution in [0, 0.1) is 12.8 Å². The fourth-order valence-electron chi connectivity index (χ4n) is 4.55.